The van der Waals surface area contributed by atoms with Crippen molar-refractivity contribution >= 4 is 5.97 Å². The van der Waals surface area contributed by atoms with E-state index in [1.165, 1.54) is 36.1 Å². The Morgan fingerprint density at radius 2 is 1.03 bits per heavy atom. The van der Waals surface area contributed by atoms with Gasteiger partial charge in [-0.1, -0.05) is 46.6 Å². The molecule has 0 aromatic carbocycles. The molecule has 38 heavy (non-hydrogen) atoms. The summed E-state index contributed by atoms with van der Waals surface area (Å²) in [6, 6.07) is 0. The number of esters is 1. The summed E-state index contributed by atoms with van der Waals surface area (Å²) in [6.45, 7) is 14.3. The highest BCUT2D eigenvalue weighted by atomic mass is 16.5. The van der Waals surface area contributed by atoms with Crippen molar-refractivity contribution in [1.82, 2.24) is 0 Å². The molecule has 0 aromatic heterocycles. The van der Waals surface area contributed by atoms with E-state index in [2.05, 4.69) is 45.1 Å². The molecular formula is C32H56O6. The first-order chi connectivity index (χ1) is 17.5. The third kappa shape index (κ3) is 18.5. The summed E-state index contributed by atoms with van der Waals surface area (Å²) < 4.78 is 4.84. The molecule has 6 heteroatoms. The first kappa shape index (κ1) is 36.3. The minimum Gasteiger partial charge on any atom is -0.463 e. The molecule has 0 heterocycles. The molecule has 0 aliphatic rings. The Balaban J connectivity index is 4.25. The second-order valence-corrected chi connectivity index (χ2v) is 11.8. The normalized spacial score (nSPS) is 17.3. The standard InChI is InChI=1S/C32H56O6/c1-24(15-11-17-26(3)19-21-29(34)31(6,7)36)13-9-10-14-25(2)16-12-18-27(4)20-22-30(35)32(8,37)23-38-28(5)33/h13-14,17-18,29-30,34-37H,9-12,15-16,19-23H2,1-8H3/b24-13+,25-14+,26-17+,27-18+/t29-,30-,32-/m1/s1. The van der Waals surface area contributed by atoms with Gasteiger partial charge in [-0.2, -0.15) is 0 Å². The van der Waals surface area contributed by atoms with Crippen LogP contribution in [0, 0.1) is 0 Å². The number of aliphatic hydroxyl groups is 4. The predicted molar refractivity (Wildman–Crippen MR) is 157 cm³/mol. The largest absolute Gasteiger partial charge is 0.463 e. The van der Waals surface area contributed by atoms with Gasteiger partial charge in [0.15, 0.2) is 0 Å². The van der Waals surface area contributed by atoms with Crippen molar-refractivity contribution < 1.29 is 30.0 Å². The number of carbonyl (C=O) groups excluding carboxylic acids is 1. The number of aliphatic hydroxyl groups excluding tert-OH is 2. The van der Waals surface area contributed by atoms with Crippen LogP contribution in [0.1, 0.15) is 120 Å². The van der Waals surface area contributed by atoms with Gasteiger partial charge in [-0.25, -0.2) is 0 Å². The average Bonchev–Trinajstić information content (AvgIpc) is 2.81. The van der Waals surface area contributed by atoms with E-state index >= 15 is 0 Å². The number of hydrogen-bond donors (Lipinski definition) is 4. The van der Waals surface area contributed by atoms with Crippen LogP contribution in [0.15, 0.2) is 46.6 Å². The molecule has 0 saturated heterocycles. The topological polar surface area (TPSA) is 107 Å². The fourth-order valence-corrected chi connectivity index (χ4v) is 3.90. The number of hydrogen-bond acceptors (Lipinski definition) is 6. The Morgan fingerprint density at radius 3 is 1.42 bits per heavy atom. The fraction of sp³-hybridized carbons (Fsp3) is 0.719. The minimum absolute atomic E-state index is 0.210. The van der Waals surface area contributed by atoms with E-state index < -0.39 is 29.4 Å². The van der Waals surface area contributed by atoms with Gasteiger partial charge in [0.1, 0.15) is 12.2 Å². The number of rotatable bonds is 19. The van der Waals surface area contributed by atoms with Crippen LogP contribution < -0.4 is 0 Å². The summed E-state index contributed by atoms with van der Waals surface area (Å²) in [4.78, 5) is 10.9. The molecule has 6 nitrogen and oxygen atoms in total. The summed E-state index contributed by atoms with van der Waals surface area (Å²) in [5.74, 6) is -0.472. The van der Waals surface area contributed by atoms with Gasteiger partial charge >= 0.3 is 5.97 Å². The van der Waals surface area contributed by atoms with E-state index in [1.54, 1.807) is 13.8 Å². The van der Waals surface area contributed by atoms with E-state index in [0.717, 1.165) is 44.9 Å². The van der Waals surface area contributed by atoms with Crippen LogP contribution in [0.2, 0.25) is 0 Å². The van der Waals surface area contributed by atoms with Gasteiger partial charge in [-0.3, -0.25) is 4.79 Å². The van der Waals surface area contributed by atoms with E-state index in [9.17, 15) is 25.2 Å². The molecule has 0 saturated carbocycles. The van der Waals surface area contributed by atoms with Crippen molar-refractivity contribution in [2.24, 2.45) is 0 Å². The molecule has 0 rings (SSSR count). The highest BCUT2D eigenvalue weighted by molar-refractivity contribution is 5.65. The van der Waals surface area contributed by atoms with Crippen LogP contribution in [-0.4, -0.2) is 56.4 Å². The van der Waals surface area contributed by atoms with Gasteiger partial charge in [-0.15, -0.1) is 0 Å². The molecule has 0 radical (unpaired) electrons. The zero-order valence-electron chi connectivity index (χ0n) is 25.3. The summed E-state index contributed by atoms with van der Waals surface area (Å²) in [6.07, 6.45) is 15.9. The van der Waals surface area contributed by atoms with Gasteiger partial charge in [0, 0.05) is 6.92 Å². The van der Waals surface area contributed by atoms with Crippen molar-refractivity contribution in [3.05, 3.63) is 46.6 Å². The van der Waals surface area contributed by atoms with Crippen molar-refractivity contribution in [2.45, 2.75) is 143 Å². The first-order valence-corrected chi connectivity index (χ1v) is 14.1. The molecule has 0 aliphatic heterocycles. The van der Waals surface area contributed by atoms with Crippen LogP contribution in [-0.2, 0) is 9.53 Å². The lowest BCUT2D eigenvalue weighted by molar-refractivity contribution is -0.156. The second-order valence-electron chi connectivity index (χ2n) is 11.8. The molecule has 0 aromatic rings. The van der Waals surface area contributed by atoms with E-state index in [0.29, 0.717) is 19.3 Å². The molecule has 220 valence electrons. The summed E-state index contributed by atoms with van der Waals surface area (Å²) in [5, 5.41) is 40.3. The van der Waals surface area contributed by atoms with Crippen LogP contribution >= 0.6 is 0 Å². The van der Waals surface area contributed by atoms with Crippen LogP contribution in [0.4, 0.5) is 0 Å². The van der Waals surface area contributed by atoms with E-state index in [1.807, 2.05) is 6.92 Å². The summed E-state index contributed by atoms with van der Waals surface area (Å²) >= 11 is 0. The SMILES string of the molecule is CC(=O)OC[C@@](C)(O)[C@H](O)CC/C(C)=C/CC/C(C)=C/CC/C=C(\C)CC/C=C(\C)CC[C@@H](O)C(C)(C)O. The molecule has 4 N–H and O–H groups in total. The molecule has 0 bridgehead atoms. The monoisotopic (exact) mass is 536 g/mol. The zero-order valence-corrected chi connectivity index (χ0v) is 25.3. The van der Waals surface area contributed by atoms with Crippen molar-refractivity contribution in [2.75, 3.05) is 6.61 Å². The second kappa shape index (κ2) is 18.5. The molecule has 3 atom stereocenters. The third-order valence-corrected chi connectivity index (χ3v) is 6.94. The lowest BCUT2D eigenvalue weighted by Crippen LogP contribution is -2.44. The quantitative estimate of drug-likeness (QED) is 0.0855. The molecule has 0 spiro atoms. The average molecular weight is 537 g/mol. The Morgan fingerprint density at radius 1 is 0.658 bits per heavy atom. The Kier molecular flexibility index (Phi) is 17.7. The van der Waals surface area contributed by atoms with E-state index in [-0.39, 0.29) is 6.61 Å². The first-order valence-electron chi connectivity index (χ1n) is 14.1. The lowest BCUT2D eigenvalue weighted by atomic mass is 9.94. The summed E-state index contributed by atoms with van der Waals surface area (Å²) in [5.41, 5.74) is 2.70. The van der Waals surface area contributed by atoms with Gasteiger partial charge < -0.3 is 25.2 Å². The van der Waals surface area contributed by atoms with Crippen LogP contribution in [0.3, 0.4) is 0 Å². The molecule has 0 aliphatic carbocycles. The van der Waals surface area contributed by atoms with Gasteiger partial charge in [0.05, 0.1) is 17.8 Å². The smallest absolute Gasteiger partial charge is 0.302 e. The fourth-order valence-electron chi connectivity index (χ4n) is 3.90. The molecule has 0 fully saturated rings. The maximum absolute atomic E-state index is 10.9. The maximum Gasteiger partial charge on any atom is 0.302 e. The van der Waals surface area contributed by atoms with Gasteiger partial charge in [0.25, 0.3) is 0 Å². The van der Waals surface area contributed by atoms with Gasteiger partial charge in [0.2, 0.25) is 0 Å². The number of unbranched alkanes of at least 4 members (excludes halogenated alkanes) is 1. The summed E-state index contributed by atoms with van der Waals surface area (Å²) in [7, 11) is 0. The van der Waals surface area contributed by atoms with Crippen LogP contribution in [0.5, 0.6) is 0 Å². The molecule has 0 amide bonds. The van der Waals surface area contributed by atoms with Crippen molar-refractivity contribution in [1.29, 1.82) is 0 Å². The van der Waals surface area contributed by atoms with Crippen LogP contribution in [0.25, 0.3) is 0 Å². The minimum atomic E-state index is -1.45. The molecule has 0 unspecified atom stereocenters. The Labute approximate surface area is 232 Å². The molecular weight excluding hydrogens is 480 g/mol. The van der Waals surface area contributed by atoms with Crippen molar-refractivity contribution in [3.63, 3.8) is 0 Å². The third-order valence-electron chi connectivity index (χ3n) is 6.94. The zero-order chi connectivity index (χ0) is 29.4. The number of allylic oxidation sites excluding steroid dienone is 8. The number of ether oxygens (including phenoxy) is 1. The highest BCUT2D eigenvalue weighted by Gasteiger charge is 2.31. The van der Waals surface area contributed by atoms with Crippen molar-refractivity contribution in [3.8, 4) is 0 Å². The predicted octanol–water partition coefficient (Wildman–Crippen LogP) is 6.48. The lowest BCUT2D eigenvalue weighted by Gasteiger charge is -2.28. The Hall–Kier alpha value is -1.73. The highest BCUT2D eigenvalue weighted by Crippen LogP contribution is 2.20. The van der Waals surface area contributed by atoms with E-state index in [4.69, 9.17) is 4.74 Å². The number of carbonyl (C=O) groups is 1. The Bertz CT molecular complexity index is 810. The van der Waals surface area contributed by atoms with Gasteiger partial charge in [-0.05, 0) is 113 Å². The maximum atomic E-state index is 10.9.